The summed E-state index contributed by atoms with van der Waals surface area (Å²) in [5.74, 6) is -1.28. The molecule has 1 aliphatic carbocycles. The zero-order chi connectivity index (χ0) is 49.1. The fourth-order valence-electron chi connectivity index (χ4n) is 7.50. The highest BCUT2D eigenvalue weighted by molar-refractivity contribution is 7.47. The average molecular weight is 985 g/mol. The minimum absolute atomic E-state index is 0.0271. The molecule has 1 fully saturated rings. The van der Waals surface area contributed by atoms with Crippen LogP contribution in [0.4, 0.5) is 0 Å². The van der Waals surface area contributed by atoms with Crippen LogP contribution in [0.1, 0.15) is 187 Å². The van der Waals surface area contributed by atoms with E-state index in [2.05, 4.69) is 30.5 Å². The lowest BCUT2D eigenvalue weighted by Crippen LogP contribution is -2.64. The number of carbonyl (C=O) groups excluding carboxylic acids is 2. The van der Waals surface area contributed by atoms with E-state index in [1.165, 1.54) is 77.0 Å². The van der Waals surface area contributed by atoms with E-state index in [-0.39, 0.29) is 12.8 Å². The van der Waals surface area contributed by atoms with Gasteiger partial charge in [0.25, 0.3) is 0 Å². The number of carbonyl (C=O) groups is 2. The van der Waals surface area contributed by atoms with Gasteiger partial charge in [-0.2, -0.15) is 0 Å². The van der Waals surface area contributed by atoms with Crippen LogP contribution in [-0.4, -0.2) is 114 Å². The zero-order valence-electron chi connectivity index (χ0n) is 39.7. The van der Waals surface area contributed by atoms with E-state index in [1.807, 2.05) is 18.2 Å². The molecule has 1 rings (SSSR count). The highest BCUT2D eigenvalue weighted by Gasteiger charge is 2.54. The summed E-state index contributed by atoms with van der Waals surface area (Å²) in [6.45, 7) is 2.91. The molecule has 0 spiro atoms. The van der Waals surface area contributed by atoms with Gasteiger partial charge in [0.2, 0.25) is 0 Å². The van der Waals surface area contributed by atoms with Crippen LogP contribution < -0.4 is 0 Å². The Balaban J connectivity index is 2.59. The van der Waals surface area contributed by atoms with Gasteiger partial charge in [-0.3, -0.25) is 23.2 Å². The summed E-state index contributed by atoms with van der Waals surface area (Å²) < 4.78 is 49.4. The van der Waals surface area contributed by atoms with E-state index in [9.17, 15) is 58.9 Å². The van der Waals surface area contributed by atoms with E-state index in [1.54, 1.807) is 6.08 Å². The van der Waals surface area contributed by atoms with Gasteiger partial charge in [-0.15, -0.1) is 0 Å². The van der Waals surface area contributed by atoms with Crippen LogP contribution in [0, 0.1) is 0 Å². The number of ether oxygens (including phenoxy) is 2. The predicted molar refractivity (Wildman–Crippen MR) is 252 cm³/mol. The van der Waals surface area contributed by atoms with Gasteiger partial charge in [-0.1, -0.05) is 179 Å². The summed E-state index contributed by atoms with van der Waals surface area (Å²) in [5, 5.41) is 51.4. The highest BCUT2D eigenvalue weighted by atomic mass is 31.2. The Labute approximate surface area is 394 Å². The van der Waals surface area contributed by atoms with Gasteiger partial charge in [-0.25, -0.2) is 9.13 Å². The first kappa shape index (κ1) is 62.2. The monoisotopic (exact) mass is 985 g/mol. The second-order valence-corrected chi connectivity index (χ2v) is 20.0. The van der Waals surface area contributed by atoms with Crippen LogP contribution >= 0.6 is 15.6 Å². The first-order valence-corrected chi connectivity index (χ1v) is 27.7. The molecule has 0 bridgehead atoms. The van der Waals surface area contributed by atoms with Crippen molar-refractivity contribution in [2.45, 2.75) is 236 Å². The van der Waals surface area contributed by atoms with Crippen molar-refractivity contribution < 1.29 is 82.0 Å². The molecule has 0 aromatic heterocycles. The fraction of sp³-hybridized carbons (Fsp3) is 0.830. The molecule has 0 radical (unpaired) electrons. The number of phosphoric ester groups is 2. The minimum Gasteiger partial charge on any atom is -0.462 e. The van der Waals surface area contributed by atoms with Gasteiger partial charge >= 0.3 is 27.6 Å². The molecule has 0 aromatic rings. The summed E-state index contributed by atoms with van der Waals surface area (Å²) in [7, 11) is -10.7. The summed E-state index contributed by atoms with van der Waals surface area (Å²) in [6, 6.07) is 0. The second kappa shape index (κ2) is 38.0. The average Bonchev–Trinajstić information content (AvgIpc) is 3.27. The number of hydrogen-bond donors (Lipinski definition) is 8. The topological polar surface area (TPSA) is 276 Å². The van der Waals surface area contributed by atoms with Crippen molar-refractivity contribution in [1.82, 2.24) is 0 Å². The van der Waals surface area contributed by atoms with Gasteiger partial charge in [0.05, 0.1) is 12.7 Å². The van der Waals surface area contributed by atoms with Crippen molar-refractivity contribution in [3.63, 3.8) is 0 Å². The molecule has 0 aromatic carbocycles. The lowest BCUT2D eigenvalue weighted by Gasteiger charge is -2.43. The Morgan fingerprint density at radius 1 is 0.561 bits per heavy atom. The number of rotatable bonds is 41. The van der Waals surface area contributed by atoms with Crippen LogP contribution in [0.2, 0.25) is 0 Å². The van der Waals surface area contributed by atoms with Crippen LogP contribution in [-0.2, 0) is 41.8 Å². The summed E-state index contributed by atoms with van der Waals surface area (Å²) >= 11 is 0. The molecular weight excluding hydrogens is 898 g/mol. The zero-order valence-corrected chi connectivity index (χ0v) is 41.5. The van der Waals surface area contributed by atoms with Gasteiger partial charge in [0.1, 0.15) is 43.2 Å². The lowest BCUT2D eigenvalue weighted by atomic mass is 9.85. The Hall–Kier alpha value is -1.82. The molecule has 19 heteroatoms. The van der Waals surface area contributed by atoms with Gasteiger partial charge < -0.3 is 49.7 Å². The van der Waals surface area contributed by atoms with Crippen LogP contribution in [0.3, 0.4) is 0 Å². The predicted octanol–water partition coefficient (Wildman–Crippen LogP) is 8.48. The van der Waals surface area contributed by atoms with Gasteiger partial charge in [-0.05, 0) is 32.1 Å². The van der Waals surface area contributed by atoms with E-state index < -0.39 is 89.6 Å². The number of esters is 2. The normalized spacial score (nSPS) is 22.3. The Bertz CT molecular complexity index is 1440. The van der Waals surface area contributed by atoms with Crippen molar-refractivity contribution in [3.05, 3.63) is 36.5 Å². The molecule has 6 unspecified atom stereocenters. The van der Waals surface area contributed by atoms with E-state index in [0.29, 0.717) is 19.3 Å². The Morgan fingerprint density at radius 3 is 1.56 bits per heavy atom. The first-order chi connectivity index (χ1) is 31.5. The molecule has 0 heterocycles. The number of allylic oxidation sites excluding steroid dienone is 5. The minimum atomic E-state index is -5.37. The standard InChI is InChI=1S/C47H86O17P2/c1-3-5-7-9-11-12-13-14-15-16-17-18-19-20-22-26-31-35-41(50)62-39(36-60-40(49)34-30-27-23-25-29-33-38(48)32-28-24-21-10-8-6-4-2)37-61-66(58,59)64-47-44(53)42(51)43(52)46(45(47)54)63-65(55,56)57/h6,8,21,24,28,32,38-39,42-48,51-54H,3-5,7,9-20,22-23,25-27,29-31,33-37H2,1-2H3,(H,58,59)(H2,55,56,57)/b8-6+,24-21+,32-28+/t38?,39-,42?,43?,44?,45?,46-,47+/m1/s1. The third-order valence-electron chi connectivity index (χ3n) is 11.3. The largest absolute Gasteiger partial charge is 0.472 e. The van der Waals surface area contributed by atoms with Crippen LogP contribution in [0.5, 0.6) is 0 Å². The first-order valence-electron chi connectivity index (χ1n) is 24.6. The molecule has 1 aliphatic rings. The van der Waals surface area contributed by atoms with Crippen LogP contribution in [0.25, 0.3) is 0 Å². The maximum Gasteiger partial charge on any atom is 0.472 e. The molecule has 386 valence electrons. The van der Waals surface area contributed by atoms with E-state index in [4.69, 9.17) is 18.5 Å². The fourth-order valence-corrected chi connectivity index (χ4v) is 9.04. The molecule has 0 saturated heterocycles. The van der Waals surface area contributed by atoms with Gasteiger partial charge in [0, 0.05) is 12.8 Å². The van der Waals surface area contributed by atoms with Gasteiger partial charge in [0.15, 0.2) is 6.10 Å². The quantitative estimate of drug-likeness (QED) is 0.00937. The number of unbranched alkanes of at least 4 members (excludes halogenated alkanes) is 20. The summed E-state index contributed by atoms with van der Waals surface area (Å²) in [5.41, 5.74) is 0. The number of aliphatic hydroxyl groups excluding tert-OH is 5. The van der Waals surface area contributed by atoms with Crippen molar-refractivity contribution >= 4 is 27.6 Å². The Morgan fingerprint density at radius 2 is 1.05 bits per heavy atom. The van der Waals surface area contributed by atoms with Crippen molar-refractivity contribution in [2.24, 2.45) is 0 Å². The summed E-state index contributed by atoms with van der Waals surface area (Å²) in [4.78, 5) is 54.3. The molecule has 9 atom stereocenters. The van der Waals surface area contributed by atoms with E-state index >= 15 is 0 Å². The highest BCUT2D eigenvalue weighted by Crippen LogP contribution is 2.49. The molecule has 17 nitrogen and oxygen atoms in total. The van der Waals surface area contributed by atoms with E-state index in [0.717, 1.165) is 64.2 Å². The maximum atomic E-state index is 13.0. The lowest BCUT2D eigenvalue weighted by molar-refractivity contribution is -0.216. The number of phosphoric acid groups is 2. The summed E-state index contributed by atoms with van der Waals surface area (Å²) in [6.07, 6.45) is 22.6. The molecule has 66 heavy (non-hydrogen) atoms. The Kier molecular flexibility index (Phi) is 35.8. The SMILES string of the molecule is CC/C=C/C/C=C/C=C/C(O)CCCCCCCC(=O)OC[C@H](COP(=O)(O)O[C@H]1C(O)C(O)C(O)[C@@H](OP(=O)(O)O)C1O)OC(=O)CCCCCCCCCCCCCCCCCCC. The molecule has 0 amide bonds. The molecular formula is C47H86O17P2. The molecule has 1 saturated carbocycles. The number of aliphatic hydroxyl groups is 5. The van der Waals surface area contributed by atoms with Crippen molar-refractivity contribution in [1.29, 1.82) is 0 Å². The number of hydrogen-bond acceptors (Lipinski definition) is 14. The molecule has 0 aliphatic heterocycles. The van der Waals surface area contributed by atoms with Crippen LogP contribution in [0.15, 0.2) is 36.5 Å². The third-order valence-corrected chi connectivity index (χ3v) is 12.8. The second-order valence-electron chi connectivity index (χ2n) is 17.4. The van der Waals surface area contributed by atoms with Crippen molar-refractivity contribution in [3.8, 4) is 0 Å². The molecule has 8 N–H and O–H groups in total. The third kappa shape index (κ3) is 32.1. The van der Waals surface area contributed by atoms with Crippen molar-refractivity contribution in [2.75, 3.05) is 13.2 Å². The smallest absolute Gasteiger partial charge is 0.462 e. The maximum absolute atomic E-state index is 13.0.